The summed E-state index contributed by atoms with van der Waals surface area (Å²) in [6, 6.07) is 9.18. The normalized spacial score (nSPS) is 26.4. The van der Waals surface area contributed by atoms with E-state index in [-0.39, 0.29) is 19.1 Å². The first-order valence-corrected chi connectivity index (χ1v) is 10.7. The highest BCUT2D eigenvalue weighted by atomic mass is 32.2. The Morgan fingerprint density at radius 3 is 2.52 bits per heavy atom. The van der Waals surface area contributed by atoms with Crippen LogP contribution < -0.4 is 0 Å². The Balaban J connectivity index is 1.66. The molecular weight excluding hydrogens is 372 g/mol. The summed E-state index contributed by atoms with van der Waals surface area (Å²) < 4.78 is 49.1. The summed E-state index contributed by atoms with van der Waals surface area (Å²) in [5, 5.41) is 0. The lowest BCUT2D eigenvalue weighted by molar-refractivity contribution is -0.176. The highest BCUT2D eigenvalue weighted by Crippen LogP contribution is 2.42. The first kappa shape index (κ1) is 20.3. The SMILES string of the molecule is CC(C1CCCCC1)(C1CO[C@H](C(=O)OCc2ccccc2)O1)S(=O)(=O)O. The van der Waals surface area contributed by atoms with Crippen molar-refractivity contribution in [2.24, 2.45) is 5.92 Å². The average molecular weight is 398 g/mol. The van der Waals surface area contributed by atoms with Crippen molar-refractivity contribution in [1.29, 1.82) is 0 Å². The van der Waals surface area contributed by atoms with E-state index < -0.39 is 33.2 Å². The summed E-state index contributed by atoms with van der Waals surface area (Å²) >= 11 is 0. The molecule has 2 aliphatic rings. The van der Waals surface area contributed by atoms with E-state index in [2.05, 4.69) is 0 Å². The van der Waals surface area contributed by atoms with Gasteiger partial charge in [0.25, 0.3) is 16.4 Å². The minimum atomic E-state index is -4.41. The number of ether oxygens (including phenoxy) is 3. The molecule has 0 aromatic heterocycles. The molecule has 27 heavy (non-hydrogen) atoms. The van der Waals surface area contributed by atoms with Gasteiger partial charge in [-0.2, -0.15) is 8.42 Å². The molecule has 1 aliphatic heterocycles. The molecule has 8 heteroatoms. The van der Waals surface area contributed by atoms with Crippen LogP contribution in [0.5, 0.6) is 0 Å². The van der Waals surface area contributed by atoms with E-state index in [0.29, 0.717) is 12.8 Å². The van der Waals surface area contributed by atoms with Crippen LogP contribution in [-0.4, -0.2) is 42.7 Å². The molecule has 7 nitrogen and oxygen atoms in total. The Kier molecular flexibility index (Phi) is 6.20. The van der Waals surface area contributed by atoms with Crippen molar-refractivity contribution < 1.29 is 32.0 Å². The molecule has 150 valence electrons. The molecular formula is C19H26O7S. The van der Waals surface area contributed by atoms with Gasteiger partial charge < -0.3 is 14.2 Å². The van der Waals surface area contributed by atoms with Gasteiger partial charge in [0.05, 0.1) is 6.61 Å². The molecule has 1 aromatic rings. The van der Waals surface area contributed by atoms with Gasteiger partial charge in [-0.25, -0.2) is 4.79 Å². The van der Waals surface area contributed by atoms with Crippen molar-refractivity contribution >= 4 is 16.1 Å². The van der Waals surface area contributed by atoms with Crippen LogP contribution in [0.3, 0.4) is 0 Å². The van der Waals surface area contributed by atoms with E-state index in [1.54, 1.807) is 0 Å². The van der Waals surface area contributed by atoms with Crippen LogP contribution in [0.2, 0.25) is 0 Å². The van der Waals surface area contributed by atoms with Crippen LogP contribution in [0.25, 0.3) is 0 Å². The topological polar surface area (TPSA) is 99.1 Å². The number of esters is 1. The van der Waals surface area contributed by atoms with Crippen molar-refractivity contribution in [1.82, 2.24) is 0 Å². The van der Waals surface area contributed by atoms with E-state index in [0.717, 1.165) is 24.8 Å². The standard InChI is InChI=1S/C19H26O7S/c1-19(27(21,22)23,15-10-6-3-7-11-15)16-13-25-18(26-16)17(20)24-12-14-8-4-2-5-9-14/h2,4-5,8-9,15-16,18H,3,6-7,10-13H2,1H3,(H,21,22,23)/t16?,18-,19?/m0/s1. The van der Waals surface area contributed by atoms with Crippen molar-refractivity contribution in [3.63, 3.8) is 0 Å². The maximum atomic E-state index is 12.2. The lowest BCUT2D eigenvalue weighted by Gasteiger charge is -2.40. The lowest BCUT2D eigenvalue weighted by atomic mass is 9.78. The molecule has 2 fully saturated rings. The summed E-state index contributed by atoms with van der Waals surface area (Å²) in [6.07, 6.45) is 2.04. The summed E-state index contributed by atoms with van der Waals surface area (Å²) in [5.41, 5.74) is 0.824. The molecule has 1 N–H and O–H groups in total. The number of carbonyl (C=O) groups excluding carboxylic acids is 1. The molecule has 0 radical (unpaired) electrons. The van der Waals surface area contributed by atoms with Crippen LogP contribution in [0.1, 0.15) is 44.6 Å². The van der Waals surface area contributed by atoms with Crippen LogP contribution in [0.4, 0.5) is 0 Å². The van der Waals surface area contributed by atoms with E-state index in [9.17, 15) is 17.8 Å². The number of rotatable bonds is 6. The monoisotopic (exact) mass is 398 g/mol. The Morgan fingerprint density at radius 1 is 1.22 bits per heavy atom. The molecule has 0 bridgehead atoms. The van der Waals surface area contributed by atoms with Crippen LogP contribution in [-0.2, 0) is 35.7 Å². The second-order valence-electron chi connectivity index (χ2n) is 7.38. The fourth-order valence-corrected chi connectivity index (χ4v) is 5.05. The third-order valence-electron chi connectivity index (χ3n) is 5.71. The van der Waals surface area contributed by atoms with Gasteiger partial charge in [0.2, 0.25) is 0 Å². The van der Waals surface area contributed by atoms with Crippen molar-refractivity contribution in [2.45, 2.75) is 62.8 Å². The van der Waals surface area contributed by atoms with E-state index in [4.69, 9.17) is 14.2 Å². The van der Waals surface area contributed by atoms with Crippen molar-refractivity contribution in [3.8, 4) is 0 Å². The van der Waals surface area contributed by atoms with Crippen molar-refractivity contribution in [2.75, 3.05) is 6.61 Å². The Bertz CT molecular complexity index is 743. The highest BCUT2D eigenvalue weighted by Gasteiger charge is 2.55. The first-order chi connectivity index (χ1) is 12.8. The fourth-order valence-electron chi connectivity index (χ4n) is 3.94. The van der Waals surface area contributed by atoms with E-state index in [1.807, 2.05) is 30.3 Å². The second kappa shape index (κ2) is 8.26. The lowest BCUT2D eigenvalue weighted by Crippen LogP contribution is -2.54. The quantitative estimate of drug-likeness (QED) is 0.581. The summed E-state index contributed by atoms with van der Waals surface area (Å²) in [6.45, 7) is 1.48. The summed E-state index contributed by atoms with van der Waals surface area (Å²) in [5.74, 6) is -0.948. The molecule has 0 spiro atoms. The van der Waals surface area contributed by atoms with Gasteiger partial charge in [0.1, 0.15) is 17.5 Å². The molecule has 0 amide bonds. The third-order valence-corrected chi connectivity index (χ3v) is 7.42. The van der Waals surface area contributed by atoms with Gasteiger partial charge in [-0.05, 0) is 31.2 Å². The third kappa shape index (κ3) is 4.34. The maximum Gasteiger partial charge on any atom is 0.363 e. The Labute approximate surface area is 159 Å². The van der Waals surface area contributed by atoms with Gasteiger partial charge >= 0.3 is 5.97 Å². The largest absolute Gasteiger partial charge is 0.457 e. The predicted octanol–water partition coefficient (Wildman–Crippen LogP) is 2.70. The molecule has 2 unspecified atom stereocenters. The number of hydrogen-bond donors (Lipinski definition) is 1. The van der Waals surface area contributed by atoms with Crippen molar-refractivity contribution in [3.05, 3.63) is 35.9 Å². The summed E-state index contributed by atoms with van der Waals surface area (Å²) in [4.78, 5) is 12.2. The first-order valence-electron chi connectivity index (χ1n) is 9.27. The van der Waals surface area contributed by atoms with Gasteiger partial charge in [0.15, 0.2) is 0 Å². The minimum Gasteiger partial charge on any atom is -0.457 e. The van der Waals surface area contributed by atoms with Crippen LogP contribution >= 0.6 is 0 Å². The molecule has 3 rings (SSSR count). The molecule has 1 aliphatic carbocycles. The zero-order valence-corrected chi connectivity index (χ0v) is 16.2. The molecule has 1 aromatic carbocycles. The van der Waals surface area contributed by atoms with Gasteiger partial charge in [-0.1, -0.05) is 49.6 Å². The second-order valence-corrected chi connectivity index (χ2v) is 9.21. The zero-order chi connectivity index (χ0) is 19.5. The Hall–Kier alpha value is -1.48. The number of hydrogen-bond acceptors (Lipinski definition) is 6. The maximum absolute atomic E-state index is 12.2. The van der Waals surface area contributed by atoms with Gasteiger partial charge in [-0.3, -0.25) is 4.55 Å². The molecule has 1 saturated carbocycles. The zero-order valence-electron chi connectivity index (χ0n) is 15.4. The van der Waals surface area contributed by atoms with Gasteiger partial charge in [0, 0.05) is 0 Å². The Morgan fingerprint density at radius 2 is 1.89 bits per heavy atom. The smallest absolute Gasteiger partial charge is 0.363 e. The predicted molar refractivity (Wildman–Crippen MR) is 97.4 cm³/mol. The van der Waals surface area contributed by atoms with Gasteiger partial charge in [-0.15, -0.1) is 0 Å². The molecule has 3 atom stereocenters. The molecule has 1 heterocycles. The minimum absolute atomic E-state index is 0.0752. The highest BCUT2D eigenvalue weighted by molar-refractivity contribution is 7.87. The van der Waals surface area contributed by atoms with Crippen LogP contribution in [0, 0.1) is 5.92 Å². The molecule has 1 saturated heterocycles. The fraction of sp³-hybridized carbons (Fsp3) is 0.632. The number of carbonyl (C=O) groups is 1. The van der Waals surface area contributed by atoms with E-state index >= 15 is 0 Å². The number of benzene rings is 1. The summed E-state index contributed by atoms with van der Waals surface area (Å²) in [7, 11) is -4.41. The average Bonchev–Trinajstić information content (AvgIpc) is 3.16. The van der Waals surface area contributed by atoms with Crippen LogP contribution in [0.15, 0.2) is 30.3 Å². The van der Waals surface area contributed by atoms with E-state index in [1.165, 1.54) is 6.92 Å².